The lowest BCUT2D eigenvalue weighted by molar-refractivity contribution is -0.136. The van der Waals surface area contributed by atoms with E-state index in [-0.39, 0.29) is 18.7 Å². The molecule has 2 aromatic rings. The number of carboxylic acid groups (broad SMARTS) is 1. The van der Waals surface area contributed by atoms with Gasteiger partial charge in [0.05, 0.1) is 28.6 Å². The molecule has 2 N–H and O–H groups in total. The van der Waals surface area contributed by atoms with Crippen LogP contribution in [-0.4, -0.2) is 22.0 Å². The van der Waals surface area contributed by atoms with Gasteiger partial charge in [-0.25, -0.2) is 4.98 Å². The Morgan fingerprint density at radius 2 is 2.00 bits per heavy atom. The van der Waals surface area contributed by atoms with E-state index in [4.69, 9.17) is 28.3 Å². The first-order valence-corrected chi connectivity index (χ1v) is 7.47. The average molecular weight is 345 g/mol. The Morgan fingerprint density at radius 1 is 1.24 bits per heavy atom. The quantitative estimate of drug-likeness (QED) is 0.872. The first-order valence-electron chi connectivity index (χ1n) is 5.84. The van der Waals surface area contributed by atoms with E-state index in [1.807, 2.05) is 0 Å². The van der Waals surface area contributed by atoms with Crippen LogP contribution < -0.4 is 5.32 Å². The minimum absolute atomic E-state index is 0.0739. The molecule has 0 saturated carbocycles. The molecular formula is C13H10Cl2N2O3S. The minimum Gasteiger partial charge on any atom is -0.481 e. The molecule has 0 bridgehead atoms. The fraction of sp³-hybridized carbons (Fsp3) is 0.154. The van der Waals surface area contributed by atoms with Gasteiger partial charge in [0.25, 0.3) is 0 Å². The van der Waals surface area contributed by atoms with Gasteiger partial charge in [0, 0.05) is 11.1 Å². The summed E-state index contributed by atoms with van der Waals surface area (Å²) < 4.78 is 0. The normalized spacial score (nSPS) is 10.4. The summed E-state index contributed by atoms with van der Waals surface area (Å²) in [6.45, 7) is 0. The lowest BCUT2D eigenvalue weighted by Gasteiger charge is -2.05. The largest absolute Gasteiger partial charge is 0.481 e. The van der Waals surface area contributed by atoms with Gasteiger partial charge in [0.2, 0.25) is 5.91 Å². The zero-order valence-electron chi connectivity index (χ0n) is 10.6. The van der Waals surface area contributed by atoms with E-state index in [1.165, 1.54) is 11.3 Å². The van der Waals surface area contributed by atoms with Crippen LogP contribution in [0.15, 0.2) is 23.6 Å². The number of nitrogens with one attached hydrogen (secondary N) is 1. The number of hydrogen-bond acceptors (Lipinski definition) is 4. The highest BCUT2D eigenvalue weighted by Crippen LogP contribution is 2.25. The standard InChI is InChI=1S/C13H10Cl2N2O3S/c14-9-2-1-7(3-10(9)15)16-11(18)5-12-17-8(6-21-12)4-13(19)20/h1-3,6H,4-5H2,(H,16,18)(H,19,20). The highest BCUT2D eigenvalue weighted by Gasteiger charge is 2.11. The smallest absolute Gasteiger partial charge is 0.309 e. The van der Waals surface area contributed by atoms with Crippen LogP contribution in [0.2, 0.25) is 10.0 Å². The summed E-state index contributed by atoms with van der Waals surface area (Å²) in [5.41, 5.74) is 0.988. The van der Waals surface area contributed by atoms with Crippen molar-refractivity contribution in [3.8, 4) is 0 Å². The number of hydrogen-bond donors (Lipinski definition) is 2. The summed E-state index contributed by atoms with van der Waals surface area (Å²) >= 11 is 12.9. The van der Waals surface area contributed by atoms with Gasteiger partial charge in [-0.1, -0.05) is 23.2 Å². The Hall–Kier alpha value is -1.63. The number of thiazole rings is 1. The van der Waals surface area contributed by atoms with Gasteiger partial charge in [-0.05, 0) is 18.2 Å². The van der Waals surface area contributed by atoms with Gasteiger partial charge in [-0.3, -0.25) is 9.59 Å². The van der Waals surface area contributed by atoms with Crippen molar-refractivity contribution >= 4 is 52.1 Å². The Bertz CT molecular complexity index is 688. The molecule has 0 unspecified atom stereocenters. The zero-order chi connectivity index (χ0) is 15.4. The van der Waals surface area contributed by atoms with Crippen molar-refractivity contribution in [2.24, 2.45) is 0 Å². The number of aromatic nitrogens is 1. The van der Waals surface area contributed by atoms with Gasteiger partial charge in [0.15, 0.2) is 0 Å². The van der Waals surface area contributed by atoms with E-state index in [9.17, 15) is 9.59 Å². The maximum absolute atomic E-state index is 11.9. The summed E-state index contributed by atoms with van der Waals surface area (Å²) in [6.07, 6.45) is -0.0740. The van der Waals surface area contributed by atoms with Gasteiger partial charge in [-0.15, -0.1) is 11.3 Å². The molecule has 8 heteroatoms. The van der Waals surface area contributed by atoms with Crippen molar-refractivity contribution in [3.05, 3.63) is 44.3 Å². The molecule has 0 fully saturated rings. The van der Waals surface area contributed by atoms with Crippen LogP contribution in [0.3, 0.4) is 0 Å². The van der Waals surface area contributed by atoms with Crippen molar-refractivity contribution in [1.29, 1.82) is 0 Å². The number of aliphatic carboxylic acids is 1. The third-order valence-electron chi connectivity index (χ3n) is 2.45. The Kier molecular flexibility index (Phi) is 5.17. The predicted molar refractivity (Wildman–Crippen MR) is 82.2 cm³/mol. The molecule has 0 saturated heterocycles. The molecule has 0 aliphatic rings. The minimum atomic E-state index is -0.952. The van der Waals surface area contributed by atoms with Crippen LogP contribution in [0.1, 0.15) is 10.7 Å². The Labute approximate surface area is 134 Å². The summed E-state index contributed by atoms with van der Waals surface area (Å²) in [5, 5.41) is 14.3. The number of carbonyl (C=O) groups excluding carboxylic acids is 1. The molecule has 21 heavy (non-hydrogen) atoms. The van der Waals surface area contributed by atoms with Crippen LogP contribution in [0.4, 0.5) is 5.69 Å². The maximum atomic E-state index is 11.9. The molecule has 0 aliphatic heterocycles. The van der Waals surface area contributed by atoms with Crippen LogP contribution in [0, 0.1) is 0 Å². The van der Waals surface area contributed by atoms with E-state index in [0.29, 0.717) is 26.4 Å². The number of amides is 1. The van der Waals surface area contributed by atoms with E-state index in [0.717, 1.165) is 0 Å². The number of benzene rings is 1. The first kappa shape index (κ1) is 15.8. The second-order valence-electron chi connectivity index (χ2n) is 4.16. The first-order chi connectivity index (χ1) is 9.94. The summed E-state index contributed by atoms with van der Waals surface area (Å²) in [4.78, 5) is 26.5. The fourth-order valence-electron chi connectivity index (χ4n) is 1.58. The number of halogens is 2. The molecule has 1 heterocycles. The molecular weight excluding hydrogens is 335 g/mol. The van der Waals surface area contributed by atoms with E-state index in [2.05, 4.69) is 10.3 Å². The lowest BCUT2D eigenvalue weighted by atomic mass is 10.3. The number of nitrogens with zero attached hydrogens (tertiary/aromatic N) is 1. The summed E-state index contributed by atoms with van der Waals surface area (Å²) in [7, 11) is 0. The Balaban J connectivity index is 1.96. The van der Waals surface area contributed by atoms with E-state index in [1.54, 1.807) is 23.6 Å². The van der Waals surface area contributed by atoms with E-state index >= 15 is 0 Å². The third-order valence-corrected chi connectivity index (χ3v) is 4.08. The lowest BCUT2D eigenvalue weighted by Crippen LogP contribution is -2.14. The van der Waals surface area contributed by atoms with E-state index < -0.39 is 5.97 Å². The van der Waals surface area contributed by atoms with Crippen molar-refractivity contribution in [2.75, 3.05) is 5.32 Å². The molecule has 1 amide bonds. The summed E-state index contributed by atoms with van der Waals surface area (Å²) in [5.74, 6) is -1.21. The second kappa shape index (κ2) is 6.89. The fourth-order valence-corrected chi connectivity index (χ4v) is 2.67. The molecule has 110 valence electrons. The molecule has 5 nitrogen and oxygen atoms in total. The molecule has 1 aromatic carbocycles. The van der Waals surface area contributed by atoms with Gasteiger partial charge in [-0.2, -0.15) is 0 Å². The molecule has 1 aromatic heterocycles. The average Bonchev–Trinajstić information content (AvgIpc) is 2.80. The van der Waals surface area contributed by atoms with Crippen LogP contribution in [0.25, 0.3) is 0 Å². The van der Waals surface area contributed by atoms with Gasteiger partial charge >= 0.3 is 5.97 Å². The third kappa shape index (κ3) is 4.70. The number of carbonyl (C=O) groups is 2. The topological polar surface area (TPSA) is 79.3 Å². The van der Waals surface area contributed by atoms with Crippen LogP contribution in [0.5, 0.6) is 0 Å². The maximum Gasteiger partial charge on any atom is 0.309 e. The monoisotopic (exact) mass is 344 g/mol. The number of carboxylic acids is 1. The van der Waals surface area contributed by atoms with Crippen LogP contribution >= 0.6 is 34.5 Å². The van der Waals surface area contributed by atoms with Crippen molar-refractivity contribution < 1.29 is 14.7 Å². The van der Waals surface area contributed by atoms with Crippen molar-refractivity contribution in [3.63, 3.8) is 0 Å². The number of rotatable bonds is 5. The SMILES string of the molecule is O=C(O)Cc1csc(CC(=O)Nc2ccc(Cl)c(Cl)c2)n1. The van der Waals surface area contributed by atoms with Crippen molar-refractivity contribution in [1.82, 2.24) is 4.98 Å². The molecule has 0 radical (unpaired) electrons. The Morgan fingerprint density at radius 3 is 2.67 bits per heavy atom. The van der Waals surface area contributed by atoms with Gasteiger partial charge in [0.1, 0.15) is 5.01 Å². The second-order valence-corrected chi connectivity index (χ2v) is 5.91. The molecule has 0 spiro atoms. The van der Waals surface area contributed by atoms with Gasteiger partial charge < -0.3 is 10.4 Å². The molecule has 0 aliphatic carbocycles. The predicted octanol–water partition coefficient (Wildman–Crippen LogP) is 3.26. The number of anilines is 1. The van der Waals surface area contributed by atoms with Crippen molar-refractivity contribution in [2.45, 2.75) is 12.8 Å². The summed E-state index contributed by atoms with van der Waals surface area (Å²) in [6, 6.07) is 4.79. The molecule has 2 rings (SSSR count). The highest BCUT2D eigenvalue weighted by molar-refractivity contribution is 7.09. The van der Waals surface area contributed by atoms with Crippen LogP contribution in [-0.2, 0) is 22.4 Å². The highest BCUT2D eigenvalue weighted by atomic mass is 35.5. The molecule has 0 atom stereocenters. The zero-order valence-corrected chi connectivity index (χ0v) is 12.9.